The van der Waals surface area contributed by atoms with Gasteiger partial charge in [0, 0.05) is 6.54 Å². The lowest BCUT2D eigenvalue weighted by molar-refractivity contribution is 0.331. The summed E-state index contributed by atoms with van der Waals surface area (Å²) >= 11 is 0. The van der Waals surface area contributed by atoms with E-state index >= 15 is 0 Å². The smallest absolute Gasteiger partial charge is 0.337 e. The van der Waals surface area contributed by atoms with Gasteiger partial charge in [-0.2, -0.15) is 18.4 Å². The van der Waals surface area contributed by atoms with E-state index in [1.165, 1.54) is 6.33 Å². The SMILES string of the molecule is C/C(=C\CNc1nc(OS(C)(=O)=O)nc2nc[nH]c12)CO. The molecule has 0 radical (unpaired) electrons. The van der Waals surface area contributed by atoms with Crippen LogP contribution in [0.5, 0.6) is 6.01 Å². The van der Waals surface area contributed by atoms with Crippen LogP contribution in [0.2, 0.25) is 0 Å². The summed E-state index contributed by atoms with van der Waals surface area (Å²) in [7, 11) is -3.72. The molecule has 10 heteroatoms. The topological polar surface area (TPSA) is 130 Å². The van der Waals surface area contributed by atoms with Crippen molar-refractivity contribution in [1.29, 1.82) is 0 Å². The first-order chi connectivity index (χ1) is 9.89. The molecular weight excluding hydrogens is 298 g/mol. The molecule has 2 heterocycles. The summed E-state index contributed by atoms with van der Waals surface area (Å²) < 4.78 is 26.9. The third-order valence-corrected chi connectivity index (χ3v) is 2.91. The number of H-pyrrole nitrogens is 1. The number of fused-ring (bicyclic) bond motifs is 1. The van der Waals surface area contributed by atoms with Crippen molar-refractivity contribution in [2.24, 2.45) is 0 Å². The average molecular weight is 313 g/mol. The molecule has 0 amide bonds. The Morgan fingerprint density at radius 3 is 2.95 bits per heavy atom. The highest BCUT2D eigenvalue weighted by molar-refractivity contribution is 7.86. The predicted octanol–water partition coefficient (Wildman–Crippen LogP) is 0.0418. The van der Waals surface area contributed by atoms with Crippen LogP contribution in [0.3, 0.4) is 0 Å². The Morgan fingerprint density at radius 2 is 2.29 bits per heavy atom. The molecule has 2 rings (SSSR count). The maximum absolute atomic E-state index is 11.1. The van der Waals surface area contributed by atoms with Crippen LogP contribution in [0.4, 0.5) is 5.82 Å². The minimum atomic E-state index is -3.72. The van der Waals surface area contributed by atoms with E-state index in [1.54, 1.807) is 13.0 Å². The molecule has 0 saturated heterocycles. The van der Waals surface area contributed by atoms with Gasteiger partial charge < -0.3 is 19.6 Å². The molecule has 0 aliphatic rings. The van der Waals surface area contributed by atoms with Crippen molar-refractivity contribution in [3.8, 4) is 6.01 Å². The second-order valence-electron chi connectivity index (χ2n) is 4.33. The third kappa shape index (κ3) is 4.13. The van der Waals surface area contributed by atoms with Gasteiger partial charge in [0.2, 0.25) is 0 Å². The summed E-state index contributed by atoms with van der Waals surface area (Å²) in [5, 5.41) is 11.9. The molecule has 0 saturated carbocycles. The monoisotopic (exact) mass is 313 g/mol. The van der Waals surface area contributed by atoms with Gasteiger partial charge in [-0.25, -0.2) is 4.98 Å². The third-order valence-electron chi connectivity index (χ3n) is 2.46. The molecule has 0 bridgehead atoms. The fourth-order valence-electron chi connectivity index (χ4n) is 1.50. The maximum atomic E-state index is 11.1. The molecule has 2 aromatic heterocycles. The summed E-state index contributed by atoms with van der Waals surface area (Å²) in [5.41, 5.74) is 1.62. The summed E-state index contributed by atoms with van der Waals surface area (Å²) in [6.07, 6.45) is 4.11. The van der Waals surface area contributed by atoms with Crippen LogP contribution in [0.15, 0.2) is 18.0 Å². The molecule has 0 aliphatic heterocycles. The highest BCUT2D eigenvalue weighted by Crippen LogP contribution is 2.20. The van der Waals surface area contributed by atoms with Gasteiger partial charge in [0.05, 0.1) is 19.2 Å². The number of hydrogen-bond acceptors (Lipinski definition) is 8. The molecular formula is C11H15N5O4S. The standard InChI is InChI=1S/C11H15N5O4S/c1-7(5-17)3-4-12-9-8-10(14-6-13-8)16-11(15-9)20-21(2,18)19/h3,6,17H,4-5H2,1-2H3,(H2,12,13,14,15,16)/b7-3+. The van der Waals surface area contributed by atoms with E-state index in [9.17, 15) is 8.42 Å². The molecule has 0 aliphatic carbocycles. The van der Waals surface area contributed by atoms with Crippen LogP contribution in [-0.2, 0) is 10.1 Å². The fourth-order valence-corrected chi connectivity index (χ4v) is 1.85. The number of nitrogens with one attached hydrogen (secondary N) is 2. The van der Waals surface area contributed by atoms with Gasteiger partial charge in [0.15, 0.2) is 11.5 Å². The molecule has 0 atom stereocenters. The van der Waals surface area contributed by atoms with Crippen LogP contribution >= 0.6 is 0 Å². The second-order valence-corrected chi connectivity index (χ2v) is 5.91. The lowest BCUT2D eigenvalue weighted by Gasteiger charge is -2.06. The molecule has 9 nitrogen and oxygen atoms in total. The highest BCUT2D eigenvalue weighted by atomic mass is 32.2. The van der Waals surface area contributed by atoms with Crippen molar-refractivity contribution < 1.29 is 17.7 Å². The van der Waals surface area contributed by atoms with Crippen LogP contribution in [0.25, 0.3) is 11.2 Å². The maximum Gasteiger partial charge on any atom is 0.337 e. The van der Waals surface area contributed by atoms with E-state index in [2.05, 4.69) is 29.4 Å². The van der Waals surface area contributed by atoms with Gasteiger partial charge in [-0.15, -0.1) is 0 Å². The van der Waals surface area contributed by atoms with Gasteiger partial charge in [0.1, 0.15) is 5.52 Å². The summed E-state index contributed by atoms with van der Waals surface area (Å²) in [6.45, 7) is 2.15. The number of aliphatic hydroxyl groups excluding tert-OH is 1. The van der Waals surface area contributed by atoms with Crippen molar-refractivity contribution >= 4 is 27.1 Å². The Morgan fingerprint density at radius 1 is 1.52 bits per heavy atom. The predicted molar refractivity (Wildman–Crippen MR) is 76.5 cm³/mol. The number of rotatable bonds is 6. The van der Waals surface area contributed by atoms with Gasteiger partial charge in [-0.3, -0.25) is 0 Å². The zero-order valence-corrected chi connectivity index (χ0v) is 12.3. The fraction of sp³-hybridized carbons (Fsp3) is 0.364. The minimum absolute atomic E-state index is 0.0344. The highest BCUT2D eigenvalue weighted by Gasteiger charge is 2.13. The zero-order valence-electron chi connectivity index (χ0n) is 11.5. The van der Waals surface area contributed by atoms with Crippen molar-refractivity contribution in [1.82, 2.24) is 19.9 Å². The number of hydrogen-bond donors (Lipinski definition) is 3. The molecule has 2 aromatic rings. The summed E-state index contributed by atoms with van der Waals surface area (Å²) in [6, 6.07) is -0.303. The van der Waals surface area contributed by atoms with Crippen LogP contribution in [0.1, 0.15) is 6.92 Å². The van der Waals surface area contributed by atoms with E-state index in [-0.39, 0.29) is 18.3 Å². The molecule has 0 aromatic carbocycles. The quantitative estimate of drug-likeness (QED) is 0.503. The number of imidazole rings is 1. The molecule has 3 N–H and O–H groups in total. The van der Waals surface area contributed by atoms with Crippen LogP contribution in [0, 0.1) is 0 Å². The summed E-state index contributed by atoms with van der Waals surface area (Å²) in [4.78, 5) is 14.7. The lowest BCUT2D eigenvalue weighted by atomic mass is 10.3. The second kappa shape index (κ2) is 6.06. The Labute approximate surface area is 121 Å². The van der Waals surface area contributed by atoms with Crippen molar-refractivity contribution in [3.63, 3.8) is 0 Å². The lowest BCUT2D eigenvalue weighted by Crippen LogP contribution is -2.10. The Kier molecular flexibility index (Phi) is 4.38. The van der Waals surface area contributed by atoms with E-state index < -0.39 is 10.1 Å². The van der Waals surface area contributed by atoms with E-state index in [4.69, 9.17) is 5.11 Å². The Balaban J connectivity index is 2.30. The largest absolute Gasteiger partial charge is 0.392 e. The van der Waals surface area contributed by atoms with E-state index in [1.807, 2.05) is 0 Å². The minimum Gasteiger partial charge on any atom is -0.392 e. The van der Waals surface area contributed by atoms with Gasteiger partial charge in [-0.05, 0) is 6.92 Å². The molecule has 114 valence electrons. The van der Waals surface area contributed by atoms with Crippen LogP contribution in [-0.4, -0.2) is 52.9 Å². The summed E-state index contributed by atoms with van der Waals surface area (Å²) in [5.74, 6) is 0.359. The van der Waals surface area contributed by atoms with E-state index in [0.717, 1.165) is 11.8 Å². The Hall–Kier alpha value is -2.20. The molecule has 0 spiro atoms. The number of anilines is 1. The molecule has 0 unspecified atom stereocenters. The van der Waals surface area contributed by atoms with Gasteiger partial charge >= 0.3 is 16.1 Å². The number of nitrogens with zero attached hydrogens (tertiary/aromatic N) is 3. The van der Waals surface area contributed by atoms with Crippen molar-refractivity contribution in [3.05, 3.63) is 18.0 Å². The van der Waals surface area contributed by atoms with Crippen molar-refractivity contribution in [2.75, 3.05) is 24.7 Å². The number of aromatic nitrogens is 4. The van der Waals surface area contributed by atoms with Crippen molar-refractivity contribution in [2.45, 2.75) is 6.92 Å². The molecule has 0 fully saturated rings. The average Bonchev–Trinajstić information content (AvgIpc) is 2.84. The first-order valence-corrected chi connectivity index (χ1v) is 7.81. The molecule has 21 heavy (non-hydrogen) atoms. The zero-order chi connectivity index (χ0) is 15.5. The first-order valence-electron chi connectivity index (χ1n) is 6.00. The van der Waals surface area contributed by atoms with Crippen LogP contribution < -0.4 is 9.50 Å². The number of aliphatic hydroxyl groups is 1. The first kappa shape index (κ1) is 15.2. The number of aromatic amines is 1. The normalized spacial score (nSPS) is 12.6. The Bertz CT molecular complexity index is 768. The van der Waals surface area contributed by atoms with Gasteiger partial charge in [-0.1, -0.05) is 11.6 Å². The van der Waals surface area contributed by atoms with Gasteiger partial charge in [0.25, 0.3) is 0 Å². The van der Waals surface area contributed by atoms with E-state index in [0.29, 0.717) is 17.9 Å².